The van der Waals surface area contributed by atoms with Gasteiger partial charge in [0.1, 0.15) is 0 Å². The van der Waals surface area contributed by atoms with Gasteiger partial charge in [0, 0.05) is 22.0 Å². The number of carbonyl (C=O) groups is 1. The Morgan fingerprint density at radius 1 is 1.17 bits per heavy atom. The predicted octanol–water partition coefficient (Wildman–Crippen LogP) is 2.28. The number of fused-ring (bicyclic) bond motifs is 2. The molecule has 0 aliphatic heterocycles. The molecule has 0 radical (unpaired) electrons. The number of ether oxygens (including phenoxy) is 1. The second-order valence-electron chi connectivity index (χ2n) is 6.37. The molecule has 156 valence electrons. The summed E-state index contributed by atoms with van der Waals surface area (Å²) in [4.78, 5) is 38.2. The van der Waals surface area contributed by atoms with E-state index in [1.165, 1.54) is 11.8 Å². The van der Waals surface area contributed by atoms with Crippen molar-refractivity contribution in [1.82, 2.24) is 25.3 Å². The third-order valence-electron chi connectivity index (χ3n) is 4.25. The van der Waals surface area contributed by atoms with Gasteiger partial charge in [0.05, 0.1) is 41.9 Å². The largest absolute Gasteiger partial charge is 0.394 e. The van der Waals surface area contributed by atoms with Gasteiger partial charge in [-0.25, -0.2) is 9.78 Å². The molecule has 30 heavy (non-hydrogen) atoms. The summed E-state index contributed by atoms with van der Waals surface area (Å²) >= 11 is 7.33. The predicted molar refractivity (Wildman–Crippen MR) is 114 cm³/mol. The van der Waals surface area contributed by atoms with Gasteiger partial charge in [-0.15, -0.1) is 0 Å². The summed E-state index contributed by atoms with van der Waals surface area (Å²) in [5.41, 5.74) is 2.69. The summed E-state index contributed by atoms with van der Waals surface area (Å²) in [6.45, 7) is 0.738. The first-order valence-corrected chi connectivity index (χ1v) is 10.3. The number of carbonyl (C=O) groups excluding carboxylic acids is 1. The molecule has 2 heterocycles. The van der Waals surface area contributed by atoms with Gasteiger partial charge in [0.15, 0.2) is 5.16 Å². The first kappa shape index (κ1) is 20.5. The van der Waals surface area contributed by atoms with E-state index in [4.69, 9.17) is 21.4 Å². The van der Waals surface area contributed by atoms with Crippen LogP contribution in [0.2, 0.25) is 5.02 Å². The second-order valence-corrected chi connectivity index (χ2v) is 7.84. The molecule has 4 aromatic rings. The molecule has 0 unspecified atom stereocenters. The molecule has 0 bridgehead atoms. The van der Waals surface area contributed by atoms with Crippen molar-refractivity contribution in [2.24, 2.45) is 0 Å². The van der Waals surface area contributed by atoms with Gasteiger partial charge in [-0.2, -0.15) is 0 Å². The maximum atomic E-state index is 12.5. The number of nitrogens with one attached hydrogen (secondary N) is 4. The number of H-pyrrole nitrogens is 3. The minimum atomic E-state index is -0.363. The number of amides is 1. The van der Waals surface area contributed by atoms with Crippen molar-refractivity contribution < 1.29 is 14.6 Å². The first-order chi connectivity index (χ1) is 14.5. The minimum absolute atomic E-state index is 0.0694. The zero-order valence-corrected chi connectivity index (χ0v) is 17.2. The van der Waals surface area contributed by atoms with Gasteiger partial charge in [0.25, 0.3) is 5.91 Å². The van der Waals surface area contributed by atoms with Crippen molar-refractivity contribution in [3.8, 4) is 0 Å². The number of imidazole rings is 2. The molecule has 5 N–H and O–H groups in total. The van der Waals surface area contributed by atoms with E-state index in [2.05, 4.69) is 25.3 Å². The Balaban J connectivity index is 1.61. The van der Waals surface area contributed by atoms with Crippen LogP contribution in [-0.2, 0) is 4.74 Å². The van der Waals surface area contributed by atoms with E-state index in [0.717, 1.165) is 11.0 Å². The van der Waals surface area contributed by atoms with Crippen molar-refractivity contribution in [1.29, 1.82) is 0 Å². The zero-order chi connectivity index (χ0) is 21.1. The van der Waals surface area contributed by atoms with Crippen molar-refractivity contribution in [2.45, 2.75) is 10.1 Å². The summed E-state index contributed by atoms with van der Waals surface area (Å²) in [5, 5.41) is 12.7. The van der Waals surface area contributed by atoms with Gasteiger partial charge in [0.2, 0.25) is 0 Å². The van der Waals surface area contributed by atoms with Gasteiger partial charge in [-0.05, 0) is 42.1 Å². The lowest BCUT2D eigenvalue weighted by Crippen LogP contribution is -2.27. The van der Waals surface area contributed by atoms with Gasteiger partial charge < -0.3 is 30.1 Å². The summed E-state index contributed by atoms with van der Waals surface area (Å²) in [5.74, 6) is -0.301. The molecule has 0 spiro atoms. The highest BCUT2D eigenvalue weighted by Crippen LogP contribution is 2.33. The van der Waals surface area contributed by atoms with Gasteiger partial charge >= 0.3 is 5.69 Å². The van der Waals surface area contributed by atoms with Crippen LogP contribution in [0, 0.1) is 0 Å². The van der Waals surface area contributed by atoms with Crippen LogP contribution in [-0.4, -0.2) is 57.3 Å². The van der Waals surface area contributed by atoms with Crippen molar-refractivity contribution >= 4 is 51.3 Å². The van der Waals surface area contributed by atoms with Crippen LogP contribution in [0.25, 0.3) is 22.1 Å². The van der Waals surface area contributed by atoms with E-state index < -0.39 is 0 Å². The number of halogens is 1. The molecule has 9 nitrogen and oxygen atoms in total. The number of nitrogens with zero attached hydrogens (tertiary/aromatic N) is 1. The summed E-state index contributed by atoms with van der Waals surface area (Å²) in [6.07, 6.45) is 0. The first-order valence-electron chi connectivity index (χ1n) is 9.09. The minimum Gasteiger partial charge on any atom is -0.394 e. The number of aromatic amines is 3. The molecule has 0 fully saturated rings. The van der Waals surface area contributed by atoms with Gasteiger partial charge in [-0.3, -0.25) is 4.79 Å². The molecule has 0 aliphatic rings. The number of aliphatic hydroxyl groups excluding tert-OH is 1. The lowest BCUT2D eigenvalue weighted by atomic mass is 10.2. The number of aromatic nitrogens is 4. The fourth-order valence-electron chi connectivity index (χ4n) is 2.94. The number of hydrogen-bond donors (Lipinski definition) is 5. The van der Waals surface area contributed by atoms with Crippen molar-refractivity contribution in [3.05, 3.63) is 51.4 Å². The van der Waals surface area contributed by atoms with Gasteiger partial charge in [-0.1, -0.05) is 11.6 Å². The fourth-order valence-corrected chi connectivity index (χ4v) is 4.07. The lowest BCUT2D eigenvalue weighted by Gasteiger charge is -2.08. The molecule has 0 saturated carbocycles. The maximum absolute atomic E-state index is 12.5. The molecule has 11 heteroatoms. The number of aliphatic hydroxyl groups is 1. The molecule has 0 saturated heterocycles. The average Bonchev–Trinajstić information content (AvgIpc) is 3.29. The van der Waals surface area contributed by atoms with Crippen LogP contribution in [0.1, 0.15) is 10.4 Å². The molecule has 4 rings (SSSR count). The van der Waals surface area contributed by atoms with E-state index in [1.807, 2.05) is 6.07 Å². The van der Waals surface area contributed by atoms with Crippen LogP contribution in [0.3, 0.4) is 0 Å². The van der Waals surface area contributed by atoms with Crippen LogP contribution < -0.4 is 11.0 Å². The monoisotopic (exact) mass is 447 g/mol. The highest BCUT2D eigenvalue weighted by atomic mass is 35.5. The average molecular weight is 448 g/mol. The fraction of sp³-hybridized carbons (Fsp3) is 0.211. The van der Waals surface area contributed by atoms with Crippen LogP contribution in [0.5, 0.6) is 0 Å². The van der Waals surface area contributed by atoms with E-state index in [1.54, 1.807) is 24.3 Å². The standard InChI is InChI=1S/C19H18ClN5O4S/c20-11-1-2-12-13(9-11)24-19(23-12)30-15-8-10(7-14-16(15)25-18(28)22-14)17(27)21-3-5-29-6-4-26/h1-2,7-9,26H,3-6H2,(H,21,27)(H,23,24)(H2,22,25,28). The molecule has 2 aromatic heterocycles. The topological polar surface area (TPSA) is 136 Å². The third kappa shape index (κ3) is 4.51. The molecule has 0 aliphatic carbocycles. The highest BCUT2D eigenvalue weighted by molar-refractivity contribution is 7.99. The Labute approximate surface area is 179 Å². The Bertz CT molecular complexity index is 1270. The normalized spacial score (nSPS) is 11.4. The van der Waals surface area contributed by atoms with E-state index >= 15 is 0 Å². The van der Waals surface area contributed by atoms with Crippen LogP contribution >= 0.6 is 23.4 Å². The van der Waals surface area contributed by atoms with E-state index in [9.17, 15) is 9.59 Å². The Kier molecular flexibility index (Phi) is 6.09. The number of rotatable bonds is 8. The summed E-state index contributed by atoms with van der Waals surface area (Å²) in [6, 6.07) is 8.66. The SMILES string of the molecule is O=C(NCCOCCO)c1cc(Sc2nc3ccc(Cl)cc3[nH]2)c2[nH]c(=O)[nH]c2c1. The quantitative estimate of drug-likeness (QED) is 0.263. The maximum Gasteiger partial charge on any atom is 0.323 e. The van der Waals surface area contributed by atoms with Crippen molar-refractivity contribution in [3.63, 3.8) is 0 Å². The molecular weight excluding hydrogens is 430 g/mol. The molecular formula is C19H18ClN5O4S. The molecule has 1 amide bonds. The summed E-state index contributed by atoms with van der Waals surface area (Å²) in [7, 11) is 0. The molecule has 0 atom stereocenters. The third-order valence-corrected chi connectivity index (χ3v) is 5.41. The Morgan fingerprint density at radius 3 is 2.87 bits per heavy atom. The Morgan fingerprint density at radius 2 is 2.03 bits per heavy atom. The summed E-state index contributed by atoms with van der Waals surface area (Å²) < 4.78 is 5.14. The number of hydrogen-bond acceptors (Lipinski definition) is 6. The smallest absolute Gasteiger partial charge is 0.323 e. The van der Waals surface area contributed by atoms with Crippen molar-refractivity contribution in [2.75, 3.05) is 26.4 Å². The van der Waals surface area contributed by atoms with Crippen LogP contribution in [0.15, 0.2) is 45.2 Å². The number of benzene rings is 2. The Hall–Kier alpha value is -2.79. The van der Waals surface area contributed by atoms with Crippen LogP contribution in [0.4, 0.5) is 0 Å². The van der Waals surface area contributed by atoms with E-state index in [-0.39, 0.29) is 24.8 Å². The molecule has 2 aromatic carbocycles. The second kappa shape index (κ2) is 8.92. The zero-order valence-electron chi connectivity index (χ0n) is 15.6. The highest BCUT2D eigenvalue weighted by Gasteiger charge is 2.15. The lowest BCUT2D eigenvalue weighted by molar-refractivity contribution is 0.0838. The van der Waals surface area contributed by atoms with E-state index in [0.29, 0.717) is 44.8 Å².